The van der Waals surface area contributed by atoms with Gasteiger partial charge in [0.05, 0.1) is 11.5 Å². The van der Waals surface area contributed by atoms with Crippen molar-refractivity contribution in [3.63, 3.8) is 0 Å². The number of aromatic nitrogens is 1. The number of hydrogen-bond acceptors (Lipinski definition) is 5. The van der Waals surface area contributed by atoms with E-state index in [-0.39, 0.29) is 23.3 Å². The van der Waals surface area contributed by atoms with Crippen LogP contribution in [0.4, 0.5) is 11.5 Å². The van der Waals surface area contributed by atoms with Gasteiger partial charge in [-0.3, -0.25) is 9.59 Å². The lowest BCUT2D eigenvalue weighted by atomic mass is 10.0. The number of aryl methyl sites for hydroxylation is 1. The van der Waals surface area contributed by atoms with E-state index in [2.05, 4.69) is 29.6 Å². The molecule has 6 nitrogen and oxygen atoms in total. The Morgan fingerprint density at radius 2 is 1.83 bits per heavy atom. The lowest BCUT2D eigenvalue weighted by molar-refractivity contribution is -0.114. The summed E-state index contributed by atoms with van der Waals surface area (Å²) in [6.07, 6.45) is 0. The van der Waals surface area contributed by atoms with Gasteiger partial charge in [0.15, 0.2) is 5.82 Å². The topological polar surface area (TPSA) is 84.2 Å². The Morgan fingerprint density at radius 1 is 1.17 bits per heavy atom. The van der Waals surface area contributed by atoms with Crippen molar-refractivity contribution in [2.24, 2.45) is 0 Å². The highest BCUT2D eigenvalue weighted by atomic mass is 32.2. The molecule has 7 heteroatoms. The lowest BCUT2D eigenvalue weighted by Gasteiger charge is -2.13. The Morgan fingerprint density at radius 3 is 2.46 bits per heavy atom. The van der Waals surface area contributed by atoms with E-state index in [0.29, 0.717) is 17.5 Å². The molecule has 1 heterocycles. The van der Waals surface area contributed by atoms with Gasteiger partial charge in [-0.25, -0.2) is 0 Å². The third-order valence-electron chi connectivity index (χ3n) is 3.22. The zero-order valence-electron chi connectivity index (χ0n) is 14.0. The molecule has 0 spiro atoms. The minimum atomic E-state index is -0.219. The fraction of sp³-hybridized carbons (Fsp3) is 0.353. The van der Waals surface area contributed by atoms with Crippen LogP contribution in [0.25, 0.3) is 0 Å². The third-order valence-corrected chi connectivity index (χ3v) is 4.15. The van der Waals surface area contributed by atoms with E-state index >= 15 is 0 Å². The molecular weight excluding hydrogens is 326 g/mol. The standard InChI is InChI=1S/C17H21N3O3S/c1-11(2)13-6-4-5-7-14(13)18-16(21)9-24-10-17(22)19-15-8-12(3)23-20-15/h4-8,11H,9-10H2,1-3H3,(H,18,21)(H,19,20,22). The molecule has 0 radical (unpaired) electrons. The second kappa shape index (κ2) is 8.54. The first-order valence-electron chi connectivity index (χ1n) is 7.65. The molecule has 0 saturated heterocycles. The van der Waals surface area contributed by atoms with Crippen LogP contribution in [-0.2, 0) is 9.59 Å². The van der Waals surface area contributed by atoms with Gasteiger partial charge in [0.1, 0.15) is 5.76 Å². The van der Waals surface area contributed by atoms with Crippen molar-refractivity contribution < 1.29 is 14.1 Å². The molecule has 2 amide bonds. The van der Waals surface area contributed by atoms with Gasteiger partial charge < -0.3 is 15.2 Å². The number of rotatable bonds is 7. The number of carbonyl (C=O) groups is 2. The van der Waals surface area contributed by atoms with E-state index in [1.54, 1.807) is 13.0 Å². The van der Waals surface area contributed by atoms with Crippen LogP contribution in [0, 0.1) is 6.92 Å². The average Bonchev–Trinajstić information content (AvgIpc) is 2.92. The molecule has 1 aromatic heterocycles. The van der Waals surface area contributed by atoms with E-state index in [1.165, 1.54) is 11.8 Å². The van der Waals surface area contributed by atoms with Gasteiger partial charge in [-0.2, -0.15) is 0 Å². The van der Waals surface area contributed by atoms with Crippen molar-refractivity contribution in [2.45, 2.75) is 26.7 Å². The highest BCUT2D eigenvalue weighted by Crippen LogP contribution is 2.23. The maximum Gasteiger partial charge on any atom is 0.235 e. The van der Waals surface area contributed by atoms with Crippen LogP contribution < -0.4 is 10.6 Å². The average molecular weight is 347 g/mol. The first-order valence-corrected chi connectivity index (χ1v) is 8.81. The Hall–Kier alpha value is -2.28. The van der Waals surface area contributed by atoms with E-state index in [4.69, 9.17) is 4.52 Å². The molecule has 0 bridgehead atoms. The zero-order chi connectivity index (χ0) is 17.5. The number of anilines is 2. The van der Waals surface area contributed by atoms with E-state index in [9.17, 15) is 9.59 Å². The van der Waals surface area contributed by atoms with Gasteiger partial charge >= 0.3 is 0 Å². The molecule has 0 aliphatic heterocycles. The Balaban J connectivity index is 1.76. The first kappa shape index (κ1) is 18.1. The molecule has 0 unspecified atom stereocenters. The summed E-state index contributed by atoms with van der Waals surface area (Å²) in [7, 11) is 0. The predicted molar refractivity (Wildman–Crippen MR) is 96.4 cm³/mol. The van der Waals surface area contributed by atoms with Crippen LogP contribution in [0.5, 0.6) is 0 Å². The molecule has 128 valence electrons. The van der Waals surface area contributed by atoms with E-state index in [0.717, 1.165) is 11.3 Å². The predicted octanol–water partition coefficient (Wildman–Crippen LogP) is 3.42. The lowest BCUT2D eigenvalue weighted by Crippen LogP contribution is -2.19. The maximum atomic E-state index is 12.0. The van der Waals surface area contributed by atoms with Crippen molar-refractivity contribution in [2.75, 3.05) is 22.1 Å². The van der Waals surface area contributed by atoms with Crippen molar-refractivity contribution in [3.8, 4) is 0 Å². The SMILES string of the molecule is Cc1cc(NC(=O)CSCC(=O)Nc2ccccc2C(C)C)no1. The molecule has 0 fully saturated rings. The summed E-state index contributed by atoms with van der Waals surface area (Å²) in [5, 5.41) is 9.20. The van der Waals surface area contributed by atoms with E-state index < -0.39 is 0 Å². The van der Waals surface area contributed by atoms with Crippen LogP contribution in [0.3, 0.4) is 0 Å². The molecule has 0 atom stereocenters. The summed E-state index contributed by atoms with van der Waals surface area (Å²) in [5.41, 5.74) is 1.91. The van der Waals surface area contributed by atoms with Gasteiger partial charge in [-0.1, -0.05) is 37.2 Å². The minimum Gasteiger partial charge on any atom is -0.360 e. The van der Waals surface area contributed by atoms with Crippen molar-refractivity contribution >= 4 is 35.1 Å². The first-order chi connectivity index (χ1) is 11.5. The Kier molecular flexibility index (Phi) is 6.43. The van der Waals surface area contributed by atoms with Crippen LogP contribution >= 0.6 is 11.8 Å². The molecule has 2 rings (SSSR count). The van der Waals surface area contributed by atoms with Crippen LogP contribution in [0.15, 0.2) is 34.9 Å². The molecule has 0 saturated carbocycles. The summed E-state index contributed by atoms with van der Waals surface area (Å²) in [5.74, 6) is 1.37. The number of amides is 2. The highest BCUT2D eigenvalue weighted by Gasteiger charge is 2.11. The van der Waals surface area contributed by atoms with Crippen LogP contribution in [-0.4, -0.2) is 28.5 Å². The maximum absolute atomic E-state index is 12.0. The molecule has 24 heavy (non-hydrogen) atoms. The number of hydrogen-bond donors (Lipinski definition) is 2. The second-order valence-corrected chi connectivity index (χ2v) is 6.64. The van der Waals surface area contributed by atoms with Crippen molar-refractivity contribution in [3.05, 3.63) is 41.7 Å². The Bertz CT molecular complexity index is 713. The van der Waals surface area contributed by atoms with Gasteiger partial charge in [0, 0.05) is 11.8 Å². The van der Waals surface area contributed by atoms with E-state index in [1.807, 2.05) is 24.3 Å². The summed E-state index contributed by atoms with van der Waals surface area (Å²) in [4.78, 5) is 23.8. The molecule has 1 aromatic carbocycles. The highest BCUT2D eigenvalue weighted by molar-refractivity contribution is 8.00. The number of benzene rings is 1. The summed E-state index contributed by atoms with van der Waals surface area (Å²) < 4.78 is 4.87. The summed E-state index contributed by atoms with van der Waals surface area (Å²) in [6.45, 7) is 5.90. The number of thioether (sulfide) groups is 1. The Labute approximate surface area is 145 Å². The van der Waals surface area contributed by atoms with Crippen LogP contribution in [0.2, 0.25) is 0 Å². The van der Waals surface area contributed by atoms with Gasteiger partial charge in [0.25, 0.3) is 0 Å². The van der Waals surface area contributed by atoms with Crippen molar-refractivity contribution in [1.29, 1.82) is 0 Å². The monoisotopic (exact) mass is 347 g/mol. The largest absolute Gasteiger partial charge is 0.360 e. The molecule has 2 aromatic rings. The van der Waals surface area contributed by atoms with Crippen molar-refractivity contribution in [1.82, 2.24) is 5.16 Å². The fourth-order valence-corrected chi connectivity index (χ4v) is 2.76. The molecule has 0 aliphatic rings. The third kappa shape index (κ3) is 5.42. The molecule has 2 N–H and O–H groups in total. The van der Waals surface area contributed by atoms with Gasteiger partial charge in [-0.05, 0) is 24.5 Å². The smallest absolute Gasteiger partial charge is 0.235 e. The quantitative estimate of drug-likeness (QED) is 0.802. The number of carbonyl (C=O) groups excluding carboxylic acids is 2. The second-order valence-electron chi connectivity index (χ2n) is 5.65. The molecule has 0 aliphatic carbocycles. The van der Waals surface area contributed by atoms with Crippen LogP contribution in [0.1, 0.15) is 31.1 Å². The fourth-order valence-electron chi connectivity index (χ4n) is 2.14. The zero-order valence-corrected chi connectivity index (χ0v) is 14.8. The number of nitrogens with zero attached hydrogens (tertiary/aromatic N) is 1. The number of nitrogens with one attached hydrogen (secondary N) is 2. The molecular formula is C17H21N3O3S. The summed E-state index contributed by atoms with van der Waals surface area (Å²) in [6, 6.07) is 9.37. The van der Waals surface area contributed by atoms with Gasteiger partial charge in [-0.15, -0.1) is 11.8 Å². The van der Waals surface area contributed by atoms with Gasteiger partial charge in [0.2, 0.25) is 11.8 Å². The normalized spacial score (nSPS) is 10.7. The number of para-hydroxylation sites is 1. The summed E-state index contributed by atoms with van der Waals surface area (Å²) >= 11 is 1.25. The minimum absolute atomic E-state index is 0.127.